The fraction of sp³-hybridized carbons (Fsp3) is 0.737. The molecule has 1 aromatic heterocycles. The molecule has 2 rings (SSSR count). The van der Waals surface area contributed by atoms with Crippen LogP contribution in [0.2, 0.25) is 0 Å². The first-order valence-electron chi connectivity index (χ1n) is 9.95. The second-order valence-corrected chi connectivity index (χ2v) is 6.69. The smallest absolute Gasteiger partial charge is 0.239 e. The lowest BCUT2D eigenvalue weighted by Gasteiger charge is -2.23. The molecule has 1 aromatic rings. The van der Waals surface area contributed by atoms with E-state index in [0.29, 0.717) is 18.5 Å². The van der Waals surface area contributed by atoms with Gasteiger partial charge in [0.1, 0.15) is 5.76 Å². The van der Waals surface area contributed by atoms with Crippen LogP contribution in [0, 0.1) is 0 Å². The number of aromatic nitrogens is 1. The van der Waals surface area contributed by atoms with E-state index in [2.05, 4.69) is 33.0 Å². The monoisotopic (exact) mass is 363 g/mol. The van der Waals surface area contributed by atoms with Crippen LogP contribution in [-0.2, 0) is 24.2 Å². The molecular formula is C19H33N5O2. The van der Waals surface area contributed by atoms with E-state index in [1.54, 1.807) is 0 Å². The summed E-state index contributed by atoms with van der Waals surface area (Å²) in [6.45, 7) is 7.58. The Morgan fingerprint density at radius 3 is 2.58 bits per heavy atom. The lowest BCUT2D eigenvalue weighted by atomic mass is 9.95. The van der Waals surface area contributed by atoms with Crippen LogP contribution in [0.3, 0.4) is 0 Å². The lowest BCUT2D eigenvalue weighted by molar-refractivity contribution is -0.120. The third-order valence-electron chi connectivity index (χ3n) is 4.73. The molecule has 7 nitrogen and oxygen atoms in total. The minimum atomic E-state index is 0.0241. The molecule has 0 aliphatic heterocycles. The van der Waals surface area contributed by atoms with Gasteiger partial charge in [-0.25, -0.2) is 4.99 Å². The van der Waals surface area contributed by atoms with Crippen LogP contribution in [0.25, 0.3) is 0 Å². The third kappa shape index (κ3) is 6.04. The molecule has 3 N–H and O–H groups in total. The molecule has 1 fully saturated rings. The van der Waals surface area contributed by atoms with Crippen molar-refractivity contribution >= 4 is 11.9 Å². The first-order chi connectivity index (χ1) is 12.7. The quantitative estimate of drug-likeness (QED) is 0.487. The topological polar surface area (TPSA) is 91.6 Å². The molecule has 7 heteroatoms. The summed E-state index contributed by atoms with van der Waals surface area (Å²) in [6.07, 6.45) is 7.50. The van der Waals surface area contributed by atoms with E-state index < -0.39 is 0 Å². The van der Waals surface area contributed by atoms with Crippen LogP contribution >= 0.6 is 0 Å². The van der Waals surface area contributed by atoms with Crippen LogP contribution in [0.15, 0.2) is 9.52 Å². The highest BCUT2D eigenvalue weighted by Crippen LogP contribution is 2.17. The number of rotatable bonds is 8. The predicted molar refractivity (Wildman–Crippen MR) is 103 cm³/mol. The van der Waals surface area contributed by atoms with E-state index in [4.69, 9.17) is 4.52 Å². The number of guanidine groups is 1. The van der Waals surface area contributed by atoms with Gasteiger partial charge in [0.15, 0.2) is 5.96 Å². The van der Waals surface area contributed by atoms with Gasteiger partial charge in [-0.05, 0) is 26.2 Å². The first kappa shape index (κ1) is 20.3. The first-order valence-corrected chi connectivity index (χ1v) is 9.95. The molecule has 0 atom stereocenters. The Balaban J connectivity index is 1.89. The van der Waals surface area contributed by atoms with Gasteiger partial charge in [0, 0.05) is 24.6 Å². The minimum Gasteiger partial charge on any atom is -0.361 e. The SMILES string of the molecule is CCNC(=NCc1c(CC)noc1CC)NCC(=O)NC1CCCCC1. The average molecular weight is 364 g/mol. The second-order valence-electron chi connectivity index (χ2n) is 6.69. The highest BCUT2D eigenvalue weighted by atomic mass is 16.5. The second kappa shape index (κ2) is 10.8. The van der Waals surface area contributed by atoms with E-state index in [1.807, 2.05) is 13.8 Å². The van der Waals surface area contributed by atoms with Gasteiger partial charge in [0.2, 0.25) is 5.91 Å². The maximum Gasteiger partial charge on any atom is 0.239 e. The molecule has 0 spiro atoms. The molecule has 1 heterocycles. The zero-order valence-electron chi connectivity index (χ0n) is 16.4. The van der Waals surface area contributed by atoms with Gasteiger partial charge in [-0.2, -0.15) is 0 Å². The highest BCUT2D eigenvalue weighted by molar-refractivity contribution is 5.86. The Labute approximate surface area is 156 Å². The summed E-state index contributed by atoms with van der Waals surface area (Å²) in [6, 6.07) is 0.328. The van der Waals surface area contributed by atoms with E-state index in [0.717, 1.165) is 49.2 Å². The molecule has 0 unspecified atom stereocenters. The maximum absolute atomic E-state index is 12.2. The summed E-state index contributed by atoms with van der Waals surface area (Å²) in [7, 11) is 0. The number of aliphatic imine (C=N–C) groups is 1. The van der Waals surface area contributed by atoms with Crippen molar-refractivity contribution in [2.45, 2.75) is 78.3 Å². The number of nitrogens with zero attached hydrogens (tertiary/aromatic N) is 2. The van der Waals surface area contributed by atoms with Gasteiger partial charge in [0.25, 0.3) is 0 Å². The third-order valence-corrected chi connectivity index (χ3v) is 4.73. The molecule has 0 saturated heterocycles. The molecule has 0 bridgehead atoms. The van der Waals surface area contributed by atoms with Crippen molar-refractivity contribution in [2.75, 3.05) is 13.1 Å². The van der Waals surface area contributed by atoms with Gasteiger partial charge in [-0.3, -0.25) is 4.79 Å². The van der Waals surface area contributed by atoms with Crippen molar-refractivity contribution in [3.8, 4) is 0 Å². The van der Waals surface area contributed by atoms with Gasteiger partial charge >= 0.3 is 0 Å². The lowest BCUT2D eigenvalue weighted by Crippen LogP contribution is -2.46. The van der Waals surface area contributed by atoms with E-state index in [-0.39, 0.29) is 12.5 Å². The molecular weight excluding hydrogens is 330 g/mol. The van der Waals surface area contributed by atoms with Gasteiger partial charge in [-0.15, -0.1) is 0 Å². The van der Waals surface area contributed by atoms with Crippen LogP contribution in [0.1, 0.15) is 69.9 Å². The van der Waals surface area contributed by atoms with Gasteiger partial charge < -0.3 is 20.5 Å². The molecule has 1 amide bonds. The Hall–Kier alpha value is -2.05. The fourth-order valence-corrected chi connectivity index (χ4v) is 3.31. The predicted octanol–water partition coefficient (Wildman–Crippen LogP) is 2.30. The summed E-state index contributed by atoms with van der Waals surface area (Å²) in [4.78, 5) is 16.8. The van der Waals surface area contributed by atoms with Crippen molar-refractivity contribution < 1.29 is 9.32 Å². The minimum absolute atomic E-state index is 0.0241. The molecule has 146 valence electrons. The summed E-state index contributed by atoms with van der Waals surface area (Å²) in [5.74, 6) is 1.55. The number of amides is 1. The molecule has 0 aromatic carbocycles. The standard InChI is InChI=1S/C19H33N5O2/c1-4-16-15(17(5-2)26-24-16)12-21-19(20-6-3)22-13-18(25)23-14-10-8-7-9-11-14/h14H,4-13H2,1-3H3,(H,23,25)(H2,20,21,22). The number of carbonyl (C=O) groups is 1. The van der Waals surface area contributed by atoms with Crippen molar-refractivity contribution in [3.05, 3.63) is 17.0 Å². The maximum atomic E-state index is 12.2. The Morgan fingerprint density at radius 2 is 1.92 bits per heavy atom. The molecule has 0 radical (unpaired) electrons. The summed E-state index contributed by atoms with van der Waals surface area (Å²) >= 11 is 0. The van der Waals surface area contributed by atoms with Gasteiger partial charge in [0.05, 0.1) is 18.8 Å². The van der Waals surface area contributed by atoms with Crippen LogP contribution in [0.5, 0.6) is 0 Å². The number of hydrogen-bond acceptors (Lipinski definition) is 4. The average Bonchev–Trinajstić information content (AvgIpc) is 3.06. The normalized spacial score (nSPS) is 15.7. The number of carbonyl (C=O) groups excluding carboxylic acids is 1. The number of hydrogen-bond donors (Lipinski definition) is 3. The zero-order valence-corrected chi connectivity index (χ0v) is 16.4. The Bertz CT molecular complexity index is 569. The van der Waals surface area contributed by atoms with Crippen molar-refractivity contribution in [3.63, 3.8) is 0 Å². The summed E-state index contributed by atoms with van der Waals surface area (Å²) in [5.41, 5.74) is 2.01. The van der Waals surface area contributed by atoms with E-state index in [1.165, 1.54) is 19.3 Å². The molecule has 1 saturated carbocycles. The van der Waals surface area contributed by atoms with Crippen LogP contribution < -0.4 is 16.0 Å². The van der Waals surface area contributed by atoms with Crippen LogP contribution in [-0.4, -0.2) is 36.2 Å². The van der Waals surface area contributed by atoms with Crippen molar-refractivity contribution in [1.29, 1.82) is 0 Å². The Morgan fingerprint density at radius 1 is 1.15 bits per heavy atom. The summed E-state index contributed by atoms with van der Waals surface area (Å²) < 4.78 is 5.39. The van der Waals surface area contributed by atoms with Gasteiger partial charge in [-0.1, -0.05) is 38.3 Å². The van der Waals surface area contributed by atoms with Crippen molar-refractivity contribution in [2.24, 2.45) is 4.99 Å². The number of aryl methyl sites for hydroxylation is 2. The van der Waals surface area contributed by atoms with Crippen molar-refractivity contribution in [1.82, 2.24) is 21.1 Å². The van der Waals surface area contributed by atoms with Crippen LogP contribution in [0.4, 0.5) is 0 Å². The molecule has 1 aliphatic rings. The number of nitrogens with one attached hydrogen (secondary N) is 3. The zero-order chi connectivity index (χ0) is 18.8. The molecule has 26 heavy (non-hydrogen) atoms. The summed E-state index contributed by atoms with van der Waals surface area (Å²) in [5, 5.41) is 13.5. The fourth-order valence-electron chi connectivity index (χ4n) is 3.31. The molecule has 1 aliphatic carbocycles. The Kier molecular flexibility index (Phi) is 8.44. The van der Waals surface area contributed by atoms with E-state index in [9.17, 15) is 4.79 Å². The largest absolute Gasteiger partial charge is 0.361 e. The van der Waals surface area contributed by atoms with E-state index >= 15 is 0 Å². The highest BCUT2D eigenvalue weighted by Gasteiger charge is 2.16.